The van der Waals surface area contributed by atoms with Crippen LogP contribution in [0.2, 0.25) is 0 Å². The fourth-order valence-electron chi connectivity index (χ4n) is 1.55. The van der Waals surface area contributed by atoms with Crippen molar-refractivity contribution in [2.45, 2.75) is 17.7 Å². The highest BCUT2D eigenvalue weighted by Gasteiger charge is 2.17. The van der Waals surface area contributed by atoms with Gasteiger partial charge in [-0.15, -0.1) is 0 Å². The van der Waals surface area contributed by atoms with Crippen molar-refractivity contribution in [2.75, 3.05) is 18.0 Å². The standard InChI is InChI=1S/C9H12BrN3/c10-8-2-5-13(6-3-8)9-1-4-11-7-12-9/h1,4,7-8H,2-3,5-6H2. The van der Waals surface area contributed by atoms with Crippen molar-refractivity contribution in [3.8, 4) is 0 Å². The van der Waals surface area contributed by atoms with Crippen LogP contribution in [0, 0.1) is 0 Å². The predicted octanol–water partition coefficient (Wildman–Crippen LogP) is 1.84. The van der Waals surface area contributed by atoms with E-state index in [4.69, 9.17) is 0 Å². The van der Waals surface area contributed by atoms with Gasteiger partial charge in [0.2, 0.25) is 0 Å². The summed E-state index contributed by atoms with van der Waals surface area (Å²) in [5, 5.41) is 0. The van der Waals surface area contributed by atoms with Gasteiger partial charge in [-0.1, -0.05) is 15.9 Å². The molecule has 70 valence electrons. The van der Waals surface area contributed by atoms with Gasteiger partial charge in [0.05, 0.1) is 0 Å². The predicted molar refractivity (Wildman–Crippen MR) is 56.2 cm³/mol. The summed E-state index contributed by atoms with van der Waals surface area (Å²) >= 11 is 3.63. The van der Waals surface area contributed by atoms with Crippen LogP contribution in [0.3, 0.4) is 0 Å². The Morgan fingerprint density at radius 2 is 2.15 bits per heavy atom. The average Bonchev–Trinajstić information content (AvgIpc) is 2.20. The molecule has 0 aliphatic carbocycles. The van der Waals surface area contributed by atoms with E-state index in [1.165, 1.54) is 12.8 Å². The second-order valence-electron chi connectivity index (χ2n) is 3.23. The molecule has 4 heteroatoms. The molecular formula is C9H12BrN3. The average molecular weight is 242 g/mol. The summed E-state index contributed by atoms with van der Waals surface area (Å²) < 4.78 is 0. The topological polar surface area (TPSA) is 29.0 Å². The molecule has 1 fully saturated rings. The summed E-state index contributed by atoms with van der Waals surface area (Å²) in [6.45, 7) is 2.18. The Morgan fingerprint density at radius 1 is 1.38 bits per heavy atom. The number of nitrogens with zero attached hydrogens (tertiary/aromatic N) is 3. The van der Waals surface area contributed by atoms with E-state index in [0.717, 1.165) is 18.9 Å². The third-order valence-electron chi connectivity index (χ3n) is 2.31. The smallest absolute Gasteiger partial charge is 0.131 e. The minimum Gasteiger partial charge on any atom is -0.356 e. The molecular weight excluding hydrogens is 230 g/mol. The Kier molecular flexibility index (Phi) is 2.78. The molecule has 1 saturated heterocycles. The normalized spacial score (nSPS) is 19.0. The van der Waals surface area contributed by atoms with Gasteiger partial charge in [0, 0.05) is 24.1 Å². The van der Waals surface area contributed by atoms with Crippen molar-refractivity contribution in [1.82, 2.24) is 9.97 Å². The number of alkyl halides is 1. The molecule has 2 rings (SSSR count). The van der Waals surface area contributed by atoms with Gasteiger partial charge in [0.15, 0.2) is 0 Å². The fourth-order valence-corrected chi connectivity index (χ4v) is 1.96. The first-order valence-corrected chi connectivity index (χ1v) is 5.43. The molecule has 0 N–H and O–H groups in total. The monoisotopic (exact) mass is 241 g/mol. The number of hydrogen-bond acceptors (Lipinski definition) is 3. The quantitative estimate of drug-likeness (QED) is 0.703. The highest BCUT2D eigenvalue weighted by molar-refractivity contribution is 9.09. The zero-order valence-electron chi connectivity index (χ0n) is 7.36. The van der Waals surface area contributed by atoms with Crippen molar-refractivity contribution in [3.63, 3.8) is 0 Å². The fraction of sp³-hybridized carbons (Fsp3) is 0.556. The van der Waals surface area contributed by atoms with E-state index in [1.807, 2.05) is 6.07 Å². The molecule has 0 unspecified atom stereocenters. The van der Waals surface area contributed by atoms with Crippen molar-refractivity contribution in [2.24, 2.45) is 0 Å². The number of piperidine rings is 1. The Bertz CT molecular complexity index is 257. The molecule has 0 spiro atoms. The lowest BCUT2D eigenvalue weighted by Gasteiger charge is -2.30. The maximum atomic E-state index is 4.23. The van der Waals surface area contributed by atoms with Gasteiger partial charge in [-0.2, -0.15) is 0 Å². The summed E-state index contributed by atoms with van der Waals surface area (Å²) in [6.07, 6.45) is 5.80. The summed E-state index contributed by atoms with van der Waals surface area (Å²) in [6, 6.07) is 1.97. The lowest BCUT2D eigenvalue weighted by Crippen LogP contribution is -2.34. The van der Waals surface area contributed by atoms with Gasteiger partial charge in [-0.05, 0) is 18.9 Å². The lowest BCUT2D eigenvalue weighted by atomic mass is 10.1. The van der Waals surface area contributed by atoms with Crippen LogP contribution < -0.4 is 4.90 Å². The van der Waals surface area contributed by atoms with Gasteiger partial charge in [-0.3, -0.25) is 0 Å². The SMILES string of the molecule is BrC1CCN(c2ccncn2)CC1. The molecule has 1 aliphatic heterocycles. The van der Waals surface area contributed by atoms with Gasteiger partial charge in [0.1, 0.15) is 12.1 Å². The van der Waals surface area contributed by atoms with Crippen LogP contribution >= 0.6 is 15.9 Å². The molecule has 3 nitrogen and oxygen atoms in total. The van der Waals surface area contributed by atoms with Crippen LogP contribution in [0.5, 0.6) is 0 Å². The van der Waals surface area contributed by atoms with E-state index in [0.29, 0.717) is 4.83 Å². The van der Waals surface area contributed by atoms with Crippen LogP contribution in [-0.4, -0.2) is 27.9 Å². The first-order chi connectivity index (χ1) is 6.36. The van der Waals surface area contributed by atoms with Crippen LogP contribution in [0.4, 0.5) is 5.82 Å². The maximum absolute atomic E-state index is 4.23. The number of hydrogen-bond donors (Lipinski definition) is 0. The molecule has 13 heavy (non-hydrogen) atoms. The Balaban J connectivity index is 2.03. The van der Waals surface area contributed by atoms with E-state index in [1.54, 1.807) is 12.5 Å². The first kappa shape index (κ1) is 8.94. The number of halogens is 1. The molecule has 2 heterocycles. The summed E-state index contributed by atoms with van der Waals surface area (Å²) in [5.74, 6) is 1.05. The summed E-state index contributed by atoms with van der Waals surface area (Å²) in [5.41, 5.74) is 0. The second-order valence-corrected chi connectivity index (χ2v) is 4.52. The number of aromatic nitrogens is 2. The molecule has 1 aromatic rings. The van der Waals surface area contributed by atoms with Crippen molar-refractivity contribution >= 4 is 21.7 Å². The Morgan fingerprint density at radius 3 is 2.77 bits per heavy atom. The lowest BCUT2D eigenvalue weighted by molar-refractivity contribution is 0.592. The van der Waals surface area contributed by atoms with E-state index < -0.39 is 0 Å². The zero-order chi connectivity index (χ0) is 9.10. The van der Waals surface area contributed by atoms with E-state index in [-0.39, 0.29) is 0 Å². The highest BCUT2D eigenvalue weighted by Crippen LogP contribution is 2.20. The van der Waals surface area contributed by atoms with E-state index >= 15 is 0 Å². The van der Waals surface area contributed by atoms with Crippen LogP contribution in [0.15, 0.2) is 18.6 Å². The minimum atomic E-state index is 0.686. The van der Waals surface area contributed by atoms with E-state index in [2.05, 4.69) is 30.8 Å². The van der Waals surface area contributed by atoms with Gasteiger partial charge in [-0.25, -0.2) is 9.97 Å². The van der Waals surface area contributed by atoms with Crippen LogP contribution in [-0.2, 0) is 0 Å². The summed E-state index contributed by atoms with van der Waals surface area (Å²) in [7, 11) is 0. The molecule has 0 atom stereocenters. The number of rotatable bonds is 1. The molecule has 0 bridgehead atoms. The third kappa shape index (κ3) is 2.18. The number of anilines is 1. The minimum absolute atomic E-state index is 0.686. The zero-order valence-corrected chi connectivity index (χ0v) is 8.94. The highest BCUT2D eigenvalue weighted by atomic mass is 79.9. The summed E-state index contributed by atoms with van der Waals surface area (Å²) in [4.78, 5) is 11.1. The molecule has 1 aliphatic rings. The van der Waals surface area contributed by atoms with Crippen LogP contribution in [0.25, 0.3) is 0 Å². The first-order valence-electron chi connectivity index (χ1n) is 4.51. The molecule has 0 amide bonds. The van der Waals surface area contributed by atoms with Gasteiger partial charge < -0.3 is 4.90 Å². The van der Waals surface area contributed by atoms with Crippen LogP contribution in [0.1, 0.15) is 12.8 Å². The largest absolute Gasteiger partial charge is 0.356 e. The van der Waals surface area contributed by atoms with E-state index in [9.17, 15) is 0 Å². The van der Waals surface area contributed by atoms with Crippen molar-refractivity contribution < 1.29 is 0 Å². The van der Waals surface area contributed by atoms with Gasteiger partial charge in [0.25, 0.3) is 0 Å². The van der Waals surface area contributed by atoms with Crippen molar-refractivity contribution in [3.05, 3.63) is 18.6 Å². The Labute approximate surface area is 86.3 Å². The molecule has 0 radical (unpaired) electrons. The third-order valence-corrected chi connectivity index (χ3v) is 3.23. The molecule has 0 aromatic carbocycles. The Hall–Kier alpha value is -0.640. The second kappa shape index (κ2) is 4.05. The molecule has 0 saturated carbocycles. The van der Waals surface area contributed by atoms with Gasteiger partial charge >= 0.3 is 0 Å². The van der Waals surface area contributed by atoms with Crippen molar-refractivity contribution in [1.29, 1.82) is 0 Å². The maximum Gasteiger partial charge on any atom is 0.131 e. The molecule has 1 aromatic heterocycles.